The number of alkyl halides is 1. The number of pyridine rings is 1. The fourth-order valence-electron chi connectivity index (χ4n) is 5.08. The first-order chi connectivity index (χ1) is 17.6. The molecular weight excluding hydrogens is 461 g/mol. The van der Waals surface area contributed by atoms with Crippen LogP contribution in [0.15, 0.2) is 78.8 Å². The van der Waals surface area contributed by atoms with Crippen LogP contribution in [0.1, 0.15) is 30.9 Å². The van der Waals surface area contributed by atoms with Gasteiger partial charge in [0.05, 0.1) is 31.0 Å². The van der Waals surface area contributed by atoms with E-state index in [4.69, 9.17) is 14.2 Å². The fraction of sp³-hybridized carbons (Fsp3) is 0.393. The number of hydrogen-bond acceptors (Lipinski definition) is 7. The number of piperidine rings is 1. The SMILES string of the molecule is COc1cnc2cccc(C(O)CN3CCC(NC(C4=CC=CCC4)C4=COC=CO4)C(F)C3)c2c1. The Morgan fingerprint density at radius 1 is 1.33 bits per heavy atom. The molecule has 2 aromatic rings. The highest BCUT2D eigenvalue weighted by Crippen LogP contribution is 2.29. The Morgan fingerprint density at radius 3 is 3.00 bits per heavy atom. The highest BCUT2D eigenvalue weighted by molar-refractivity contribution is 5.83. The molecule has 7 nitrogen and oxygen atoms in total. The van der Waals surface area contributed by atoms with Crippen molar-refractivity contribution in [2.75, 3.05) is 26.7 Å². The molecular formula is C28H32FN3O4. The van der Waals surface area contributed by atoms with E-state index in [2.05, 4.69) is 22.5 Å². The van der Waals surface area contributed by atoms with Gasteiger partial charge < -0.3 is 19.3 Å². The maximum absolute atomic E-state index is 15.4. The van der Waals surface area contributed by atoms with Gasteiger partial charge in [-0.15, -0.1) is 0 Å². The summed E-state index contributed by atoms with van der Waals surface area (Å²) in [4.78, 5) is 6.40. The quantitative estimate of drug-likeness (QED) is 0.568. The van der Waals surface area contributed by atoms with Crippen LogP contribution >= 0.6 is 0 Å². The van der Waals surface area contributed by atoms with E-state index in [-0.39, 0.29) is 18.6 Å². The summed E-state index contributed by atoms with van der Waals surface area (Å²) >= 11 is 0. The van der Waals surface area contributed by atoms with E-state index < -0.39 is 12.3 Å². The van der Waals surface area contributed by atoms with Crippen LogP contribution in [0, 0.1) is 0 Å². The van der Waals surface area contributed by atoms with Crippen LogP contribution in [0.3, 0.4) is 0 Å². The first kappa shape index (κ1) is 24.5. The molecule has 3 heterocycles. The highest BCUT2D eigenvalue weighted by Gasteiger charge is 2.34. The fourth-order valence-corrected chi connectivity index (χ4v) is 5.08. The molecule has 1 saturated heterocycles. The van der Waals surface area contributed by atoms with Crippen LogP contribution in [0.2, 0.25) is 0 Å². The minimum absolute atomic E-state index is 0.239. The first-order valence-corrected chi connectivity index (χ1v) is 12.4. The molecule has 0 amide bonds. The van der Waals surface area contributed by atoms with Gasteiger partial charge >= 0.3 is 0 Å². The van der Waals surface area contributed by atoms with E-state index in [1.54, 1.807) is 19.6 Å². The molecule has 190 valence electrons. The monoisotopic (exact) mass is 493 g/mol. The second-order valence-corrected chi connectivity index (χ2v) is 9.33. The standard InChI is InChI=1S/C28H32FN3O4/c1-34-20-14-22-21(8-5-9-24(22)30-15-20)26(33)17-32-11-10-25(23(29)16-32)31-28(19-6-3-2-4-7-19)27-18-35-12-13-36-27/h2-3,5-6,8-9,12-15,18,23,25-26,28,31,33H,4,7,10-11,16-17H2,1H3. The number of nitrogens with zero attached hydrogens (tertiary/aromatic N) is 2. The average Bonchev–Trinajstić information content (AvgIpc) is 2.93. The molecule has 36 heavy (non-hydrogen) atoms. The van der Waals surface area contributed by atoms with E-state index in [9.17, 15) is 5.11 Å². The molecule has 0 spiro atoms. The number of hydrogen-bond donors (Lipinski definition) is 2. The zero-order valence-corrected chi connectivity index (χ0v) is 20.3. The van der Waals surface area contributed by atoms with E-state index in [0.717, 1.165) is 34.9 Å². The summed E-state index contributed by atoms with van der Waals surface area (Å²) in [6.45, 7) is 1.25. The minimum atomic E-state index is -1.09. The first-order valence-electron chi connectivity index (χ1n) is 12.4. The number of methoxy groups -OCH3 is 1. The van der Waals surface area contributed by atoms with E-state index >= 15 is 4.39 Å². The van der Waals surface area contributed by atoms with Crippen LogP contribution < -0.4 is 10.1 Å². The number of rotatable bonds is 8. The Labute approximate surface area is 210 Å². The van der Waals surface area contributed by atoms with Gasteiger partial charge in [0.2, 0.25) is 0 Å². The Kier molecular flexibility index (Phi) is 7.65. The topological polar surface area (TPSA) is 76.1 Å². The lowest BCUT2D eigenvalue weighted by Gasteiger charge is -2.38. The Bertz CT molecular complexity index is 1190. The molecule has 0 radical (unpaired) electrons. The van der Waals surface area contributed by atoms with Crippen molar-refractivity contribution in [1.82, 2.24) is 15.2 Å². The molecule has 4 unspecified atom stereocenters. The van der Waals surface area contributed by atoms with E-state index in [1.807, 2.05) is 35.2 Å². The summed E-state index contributed by atoms with van der Waals surface area (Å²) in [6, 6.07) is 6.96. The number of likely N-dealkylation sites (tertiary alicyclic amines) is 1. The second-order valence-electron chi connectivity index (χ2n) is 9.33. The highest BCUT2D eigenvalue weighted by atomic mass is 19.1. The van der Waals surface area contributed by atoms with Crippen LogP contribution in [-0.2, 0) is 9.47 Å². The van der Waals surface area contributed by atoms with Crippen molar-refractivity contribution in [1.29, 1.82) is 0 Å². The number of aromatic nitrogens is 1. The summed E-state index contributed by atoms with van der Waals surface area (Å²) in [5.41, 5.74) is 2.70. The maximum atomic E-state index is 15.4. The van der Waals surface area contributed by atoms with Crippen molar-refractivity contribution in [2.45, 2.75) is 43.6 Å². The zero-order chi connectivity index (χ0) is 24.9. The summed E-state index contributed by atoms with van der Waals surface area (Å²) in [5.74, 6) is 1.26. The molecule has 1 aromatic heterocycles. The maximum Gasteiger partial charge on any atom is 0.159 e. The Balaban J connectivity index is 1.24. The lowest BCUT2D eigenvalue weighted by Crippen LogP contribution is -2.54. The van der Waals surface area contributed by atoms with Gasteiger partial charge in [-0.25, -0.2) is 4.39 Å². The molecule has 1 aliphatic carbocycles. The number of β-amino-alcohol motifs (C(OH)–C–C–N with tert-alkyl or cyclic N) is 1. The summed E-state index contributed by atoms with van der Waals surface area (Å²) < 4.78 is 31.8. The van der Waals surface area contributed by atoms with Gasteiger partial charge in [-0.05, 0) is 49.1 Å². The van der Waals surface area contributed by atoms with Crippen LogP contribution in [0.5, 0.6) is 5.75 Å². The Hall–Kier alpha value is -3.20. The van der Waals surface area contributed by atoms with Crippen molar-refractivity contribution < 1.29 is 23.7 Å². The zero-order valence-electron chi connectivity index (χ0n) is 20.3. The van der Waals surface area contributed by atoms with Crippen LogP contribution in [0.25, 0.3) is 10.9 Å². The lowest BCUT2D eigenvalue weighted by atomic mass is 9.93. The van der Waals surface area contributed by atoms with Crippen molar-refractivity contribution in [3.8, 4) is 5.75 Å². The third-order valence-electron chi connectivity index (χ3n) is 6.99. The van der Waals surface area contributed by atoms with Gasteiger partial charge in [-0.1, -0.05) is 30.4 Å². The van der Waals surface area contributed by atoms with Gasteiger partial charge in [0.25, 0.3) is 0 Å². The molecule has 1 fully saturated rings. The van der Waals surface area contributed by atoms with E-state index in [0.29, 0.717) is 31.0 Å². The van der Waals surface area contributed by atoms with Crippen molar-refractivity contribution in [2.24, 2.45) is 0 Å². The molecule has 2 aliphatic heterocycles. The van der Waals surface area contributed by atoms with Crippen molar-refractivity contribution in [3.05, 3.63) is 84.4 Å². The normalized spacial score (nSPS) is 23.9. The molecule has 1 aromatic carbocycles. The molecule has 3 aliphatic rings. The van der Waals surface area contributed by atoms with Crippen LogP contribution in [0.4, 0.5) is 4.39 Å². The molecule has 2 N–H and O–H groups in total. The number of halogens is 1. The minimum Gasteiger partial charge on any atom is -0.495 e. The molecule has 0 saturated carbocycles. The summed E-state index contributed by atoms with van der Waals surface area (Å²) in [5, 5.41) is 15.4. The number of benzene rings is 1. The molecule has 8 heteroatoms. The van der Waals surface area contributed by atoms with E-state index in [1.165, 1.54) is 12.5 Å². The number of aliphatic hydroxyl groups is 1. The third-order valence-corrected chi connectivity index (χ3v) is 6.99. The summed E-state index contributed by atoms with van der Waals surface area (Å²) in [7, 11) is 1.59. The third kappa shape index (κ3) is 5.46. The number of aliphatic hydroxyl groups excluding tert-OH is 1. The average molecular weight is 494 g/mol. The Morgan fingerprint density at radius 2 is 2.25 bits per heavy atom. The predicted octanol–water partition coefficient (Wildman–Crippen LogP) is 4.28. The van der Waals surface area contributed by atoms with Crippen molar-refractivity contribution >= 4 is 10.9 Å². The number of nitrogens with one attached hydrogen (secondary N) is 1. The smallest absolute Gasteiger partial charge is 0.159 e. The molecule has 0 bridgehead atoms. The second kappa shape index (κ2) is 11.2. The van der Waals surface area contributed by atoms with Gasteiger partial charge in [0, 0.05) is 24.5 Å². The van der Waals surface area contributed by atoms with Gasteiger partial charge in [-0.2, -0.15) is 0 Å². The van der Waals surface area contributed by atoms with Gasteiger partial charge in [0.15, 0.2) is 5.76 Å². The predicted molar refractivity (Wildman–Crippen MR) is 136 cm³/mol. The number of allylic oxidation sites excluding steroid dienone is 3. The molecule has 5 rings (SSSR count). The van der Waals surface area contributed by atoms with Gasteiger partial charge in [-0.3, -0.25) is 15.2 Å². The van der Waals surface area contributed by atoms with Crippen molar-refractivity contribution in [3.63, 3.8) is 0 Å². The number of fused-ring (bicyclic) bond motifs is 1. The largest absolute Gasteiger partial charge is 0.495 e. The molecule has 4 atom stereocenters. The number of ether oxygens (including phenoxy) is 3. The summed E-state index contributed by atoms with van der Waals surface area (Å²) in [6.07, 6.45) is 13.0. The van der Waals surface area contributed by atoms with Crippen LogP contribution in [-0.4, -0.2) is 60.0 Å². The van der Waals surface area contributed by atoms with Gasteiger partial charge in [0.1, 0.15) is 30.7 Å². The lowest BCUT2D eigenvalue weighted by molar-refractivity contribution is 0.0548.